The Morgan fingerprint density at radius 3 is 3.06 bits per heavy atom. The van der Waals surface area contributed by atoms with E-state index in [1.54, 1.807) is 6.20 Å². The second kappa shape index (κ2) is 3.86. The van der Waals surface area contributed by atoms with Gasteiger partial charge in [-0.25, -0.2) is 0 Å². The Hall–Kier alpha value is -0.860. The van der Waals surface area contributed by atoms with E-state index < -0.39 is 0 Å². The van der Waals surface area contributed by atoms with E-state index in [9.17, 15) is 0 Å². The van der Waals surface area contributed by atoms with Gasteiger partial charge < -0.3 is 0 Å². The molecule has 0 amide bonds. The number of hydrogen-bond acceptors (Lipinski definition) is 2. The van der Waals surface area contributed by atoms with Crippen LogP contribution in [-0.4, -0.2) is 29.0 Å². The predicted octanol–water partition coefficient (Wildman–Crippen LogP) is 2.98. The van der Waals surface area contributed by atoms with Crippen LogP contribution in [-0.2, 0) is 0 Å². The highest BCUT2D eigenvalue weighted by atomic mass is 35.5. The molecule has 0 aromatic carbocycles. The molecule has 1 aromatic rings. The van der Waals surface area contributed by atoms with Gasteiger partial charge in [-0.15, -0.1) is 0 Å². The Kier molecular flexibility index (Phi) is 2.49. The molecule has 2 aliphatic heterocycles. The van der Waals surface area contributed by atoms with Gasteiger partial charge in [0.05, 0.1) is 5.02 Å². The first-order valence-electron chi connectivity index (χ1n) is 5.78. The molecule has 3 heteroatoms. The van der Waals surface area contributed by atoms with Crippen LogP contribution >= 0.6 is 11.6 Å². The lowest BCUT2D eigenvalue weighted by Crippen LogP contribution is -2.34. The van der Waals surface area contributed by atoms with Crippen LogP contribution in [0.25, 0.3) is 5.57 Å². The van der Waals surface area contributed by atoms with Gasteiger partial charge in [0.2, 0.25) is 0 Å². The van der Waals surface area contributed by atoms with Crippen molar-refractivity contribution < 1.29 is 0 Å². The van der Waals surface area contributed by atoms with Gasteiger partial charge in [0.15, 0.2) is 0 Å². The molecule has 2 unspecified atom stereocenters. The van der Waals surface area contributed by atoms with Crippen molar-refractivity contribution in [3.63, 3.8) is 0 Å². The van der Waals surface area contributed by atoms with E-state index in [0.29, 0.717) is 12.1 Å². The minimum absolute atomic E-state index is 0.602. The number of halogens is 1. The van der Waals surface area contributed by atoms with Gasteiger partial charge in [-0.05, 0) is 37.9 Å². The van der Waals surface area contributed by atoms with E-state index in [-0.39, 0.29) is 0 Å². The van der Waals surface area contributed by atoms with Crippen LogP contribution < -0.4 is 0 Å². The molecule has 0 N–H and O–H groups in total. The van der Waals surface area contributed by atoms with Crippen LogP contribution in [0.4, 0.5) is 0 Å². The lowest BCUT2D eigenvalue weighted by atomic mass is 9.96. The molecule has 0 spiro atoms. The minimum atomic E-state index is 0.602. The Labute approximate surface area is 101 Å². The van der Waals surface area contributed by atoms with E-state index in [4.69, 9.17) is 11.6 Å². The third-order valence-electron chi connectivity index (χ3n) is 3.86. The van der Waals surface area contributed by atoms with Crippen LogP contribution in [0.3, 0.4) is 0 Å². The van der Waals surface area contributed by atoms with Gasteiger partial charge in [-0.1, -0.05) is 17.7 Å². The number of rotatable bonds is 1. The second-order valence-corrected chi connectivity index (χ2v) is 5.12. The summed E-state index contributed by atoms with van der Waals surface area (Å²) >= 11 is 6.22. The van der Waals surface area contributed by atoms with Crippen LogP contribution in [0, 0.1) is 0 Å². The number of pyridine rings is 1. The topological polar surface area (TPSA) is 16.1 Å². The summed E-state index contributed by atoms with van der Waals surface area (Å²) in [6.45, 7) is 0. The van der Waals surface area contributed by atoms with E-state index in [1.807, 2.05) is 12.3 Å². The zero-order chi connectivity index (χ0) is 11.1. The fraction of sp³-hybridized carbons (Fsp3) is 0.462. The maximum atomic E-state index is 6.22. The van der Waals surface area contributed by atoms with Gasteiger partial charge in [0.1, 0.15) is 0 Å². The van der Waals surface area contributed by atoms with E-state index in [1.165, 1.54) is 18.4 Å². The Morgan fingerprint density at radius 1 is 1.44 bits per heavy atom. The van der Waals surface area contributed by atoms with Crippen LogP contribution in [0.2, 0.25) is 5.02 Å². The van der Waals surface area contributed by atoms with Gasteiger partial charge in [-0.3, -0.25) is 9.88 Å². The normalized spacial score (nSPS) is 29.2. The quantitative estimate of drug-likeness (QED) is 0.743. The van der Waals surface area contributed by atoms with Gasteiger partial charge >= 0.3 is 0 Å². The molecule has 1 saturated heterocycles. The number of likely N-dealkylation sites (N-methyl/N-ethyl adjacent to an activating group) is 1. The fourth-order valence-corrected chi connectivity index (χ4v) is 3.08. The number of aromatic nitrogens is 1. The molecule has 0 aliphatic carbocycles. The van der Waals surface area contributed by atoms with Crippen molar-refractivity contribution in [3.05, 3.63) is 35.1 Å². The molecular formula is C13H15ClN2. The van der Waals surface area contributed by atoms with Crippen molar-refractivity contribution in [2.75, 3.05) is 7.05 Å². The summed E-state index contributed by atoms with van der Waals surface area (Å²) in [7, 11) is 2.22. The molecule has 16 heavy (non-hydrogen) atoms. The standard InChI is InChI=1S/C13H15ClN2/c1-16-10-2-3-11(16)7-9(6-10)12-8-15-5-4-13(12)14/h4-6,8,10-11H,2-3,7H2,1H3. The largest absolute Gasteiger partial charge is 0.297 e. The predicted molar refractivity (Wildman–Crippen MR) is 66.4 cm³/mol. The highest BCUT2D eigenvalue weighted by molar-refractivity contribution is 6.32. The van der Waals surface area contributed by atoms with E-state index >= 15 is 0 Å². The summed E-state index contributed by atoms with van der Waals surface area (Å²) < 4.78 is 0. The molecule has 2 atom stereocenters. The summed E-state index contributed by atoms with van der Waals surface area (Å²) in [4.78, 5) is 6.65. The number of hydrogen-bond donors (Lipinski definition) is 0. The maximum absolute atomic E-state index is 6.22. The summed E-state index contributed by atoms with van der Waals surface area (Å²) in [5.74, 6) is 0. The van der Waals surface area contributed by atoms with Gasteiger partial charge in [0, 0.05) is 30.0 Å². The average molecular weight is 235 g/mol. The molecule has 84 valence electrons. The first-order valence-corrected chi connectivity index (χ1v) is 6.16. The summed E-state index contributed by atoms with van der Waals surface area (Å²) in [6.07, 6.45) is 9.70. The van der Waals surface area contributed by atoms with E-state index in [2.05, 4.69) is 23.0 Å². The lowest BCUT2D eigenvalue weighted by Gasteiger charge is -2.30. The summed E-state index contributed by atoms with van der Waals surface area (Å²) in [5, 5.41) is 0.824. The van der Waals surface area contributed by atoms with Gasteiger partial charge in [0.25, 0.3) is 0 Å². The highest BCUT2D eigenvalue weighted by Crippen LogP contribution is 2.38. The van der Waals surface area contributed by atoms with Crippen molar-refractivity contribution in [3.8, 4) is 0 Å². The zero-order valence-corrected chi connectivity index (χ0v) is 10.1. The van der Waals surface area contributed by atoms with Crippen LogP contribution in [0.1, 0.15) is 24.8 Å². The molecule has 2 nitrogen and oxygen atoms in total. The molecule has 3 rings (SSSR count). The molecule has 2 aliphatic rings. The van der Waals surface area contributed by atoms with Crippen molar-refractivity contribution in [1.82, 2.24) is 9.88 Å². The lowest BCUT2D eigenvalue weighted by molar-refractivity contribution is 0.264. The Balaban J connectivity index is 1.98. The molecular weight excluding hydrogens is 220 g/mol. The first-order chi connectivity index (χ1) is 7.75. The third kappa shape index (κ3) is 1.57. The monoisotopic (exact) mass is 234 g/mol. The molecule has 2 bridgehead atoms. The molecule has 1 aromatic heterocycles. The number of nitrogens with zero attached hydrogens (tertiary/aromatic N) is 2. The van der Waals surface area contributed by atoms with Crippen molar-refractivity contribution in [2.45, 2.75) is 31.3 Å². The Morgan fingerprint density at radius 2 is 2.31 bits per heavy atom. The summed E-state index contributed by atoms with van der Waals surface area (Å²) in [6, 6.07) is 3.17. The zero-order valence-electron chi connectivity index (χ0n) is 9.36. The van der Waals surface area contributed by atoms with Crippen molar-refractivity contribution in [1.29, 1.82) is 0 Å². The highest BCUT2D eigenvalue weighted by Gasteiger charge is 2.34. The van der Waals surface area contributed by atoms with Crippen molar-refractivity contribution in [2.24, 2.45) is 0 Å². The number of fused-ring (bicyclic) bond motifs is 2. The Bertz CT molecular complexity index is 441. The van der Waals surface area contributed by atoms with Crippen LogP contribution in [0.15, 0.2) is 24.5 Å². The second-order valence-electron chi connectivity index (χ2n) is 4.72. The van der Waals surface area contributed by atoms with E-state index in [0.717, 1.165) is 17.0 Å². The molecule has 3 heterocycles. The molecule has 0 radical (unpaired) electrons. The smallest absolute Gasteiger partial charge is 0.0511 e. The maximum Gasteiger partial charge on any atom is 0.0511 e. The fourth-order valence-electron chi connectivity index (χ4n) is 2.86. The molecule has 1 fully saturated rings. The van der Waals surface area contributed by atoms with Crippen molar-refractivity contribution >= 4 is 17.2 Å². The van der Waals surface area contributed by atoms with Crippen LogP contribution in [0.5, 0.6) is 0 Å². The van der Waals surface area contributed by atoms with Gasteiger partial charge in [-0.2, -0.15) is 0 Å². The molecule has 0 saturated carbocycles. The third-order valence-corrected chi connectivity index (χ3v) is 4.19. The minimum Gasteiger partial charge on any atom is -0.297 e. The first kappa shape index (κ1) is 10.3. The summed E-state index contributed by atoms with van der Waals surface area (Å²) in [5.41, 5.74) is 2.50. The SMILES string of the molecule is CN1C2C=C(c3cnccc3Cl)CC1CC2. The average Bonchev–Trinajstić information content (AvgIpc) is 2.53.